The number of benzene rings is 6. The Morgan fingerprint density at radius 1 is 0.345 bits per heavy atom. The number of rotatable bonds is 2. The molecule has 4 aromatic heterocycles. The first-order valence-electron chi connectivity index (χ1n) is 19.8. The summed E-state index contributed by atoms with van der Waals surface area (Å²) in [6.45, 7) is 13.2. The molecule has 2 unspecified atom stereocenters. The molecule has 0 spiro atoms. The van der Waals surface area contributed by atoms with E-state index >= 15 is 0 Å². The molecule has 284 valence electrons. The van der Waals surface area contributed by atoms with Crippen LogP contribution in [0.2, 0.25) is 0 Å². The van der Waals surface area contributed by atoms with Crippen LogP contribution in [0.3, 0.4) is 0 Å². The number of nitrogens with zero attached hydrogens (tertiary/aromatic N) is 4. The van der Waals surface area contributed by atoms with Crippen LogP contribution in [0.5, 0.6) is 11.5 Å². The number of fused-ring (bicyclic) bond motifs is 16. The molecule has 6 aromatic carbocycles. The molecule has 1 aliphatic heterocycles. The molecule has 5 heterocycles. The number of aryl methyl sites for hydroxylation is 4. The summed E-state index contributed by atoms with van der Waals surface area (Å²) >= 11 is 0. The van der Waals surface area contributed by atoms with Crippen molar-refractivity contribution >= 4 is 60.5 Å². The molecule has 0 amide bonds. The maximum Gasteiger partial charge on any atom is 0.318 e. The van der Waals surface area contributed by atoms with Crippen molar-refractivity contribution in [1.29, 1.82) is 0 Å². The SMILES string of the molecule is Cc1ccc2c(c1C)-c1c(ccc(C)c1C)OP(n1cc(C)c3ccccc31)n1cc(c3ccccc31)-c1cn(c3ccccc13)P(n1cc(C)c3ccccc31)O2. The Morgan fingerprint density at radius 2 is 0.672 bits per heavy atom. The van der Waals surface area contributed by atoms with Crippen molar-refractivity contribution in [2.75, 3.05) is 0 Å². The van der Waals surface area contributed by atoms with E-state index in [9.17, 15) is 0 Å². The molecule has 10 aromatic rings. The van der Waals surface area contributed by atoms with E-state index < -0.39 is 16.9 Å². The van der Waals surface area contributed by atoms with Gasteiger partial charge in [0.2, 0.25) is 0 Å². The molecule has 11 rings (SSSR count). The normalized spacial score (nSPS) is 15.3. The standard InChI is InChI=1S/C50H42N4O2P2/c1-31-23-25-47-49(35(31)5)50-36(6)32(2)24-26-48(50)56-58(52-28-34(4)38-16-8-12-20-44(38)52)54-30-42(40-18-10-14-22-46(40)54)41-29-53(45-21-13-9-17-39(41)45)57(55-47)51-27-33(3)37-15-7-11-19-43(37)51/h7-30H,1-6H3. The summed E-state index contributed by atoms with van der Waals surface area (Å²) in [6, 6.07) is 43.7. The van der Waals surface area contributed by atoms with Crippen LogP contribution >= 0.6 is 16.9 Å². The van der Waals surface area contributed by atoms with Gasteiger partial charge >= 0.3 is 16.9 Å². The number of aromatic nitrogens is 4. The van der Waals surface area contributed by atoms with E-state index in [1.807, 2.05) is 0 Å². The highest BCUT2D eigenvalue weighted by Gasteiger charge is 2.32. The molecular weight excluding hydrogens is 751 g/mol. The van der Waals surface area contributed by atoms with E-state index in [2.05, 4.69) is 205 Å². The van der Waals surface area contributed by atoms with Gasteiger partial charge in [0.15, 0.2) is 0 Å². The number of hydrogen-bond donors (Lipinski definition) is 0. The predicted octanol–water partition coefficient (Wildman–Crippen LogP) is 14.4. The molecule has 6 nitrogen and oxygen atoms in total. The fourth-order valence-corrected chi connectivity index (χ4v) is 12.7. The third-order valence-corrected chi connectivity index (χ3v) is 15.7. The first-order chi connectivity index (χ1) is 28.3. The molecule has 0 saturated heterocycles. The highest BCUT2D eigenvalue weighted by molar-refractivity contribution is 7.50. The molecule has 8 heteroatoms. The Bertz CT molecular complexity index is 3070. The summed E-state index contributed by atoms with van der Waals surface area (Å²) < 4.78 is 24.9. The fourth-order valence-electron chi connectivity index (χ4n) is 8.89. The summed E-state index contributed by atoms with van der Waals surface area (Å²) in [7, 11) is -3.05. The summed E-state index contributed by atoms with van der Waals surface area (Å²) in [5.41, 5.74) is 16.1. The summed E-state index contributed by atoms with van der Waals surface area (Å²) in [5.74, 6) is 1.66. The molecule has 0 fully saturated rings. The van der Waals surface area contributed by atoms with Crippen molar-refractivity contribution < 1.29 is 9.05 Å². The maximum atomic E-state index is 7.67. The lowest BCUT2D eigenvalue weighted by atomic mass is 9.90. The molecule has 2 atom stereocenters. The lowest BCUT2D eigenvalue weighted by Crippen LogP contribution is -2.09. The average Bonchev–Trinajstić information content (AvgIpc) is 4.00. The monoisotopic (exact) mass is 792 g/mol. The van der Waals surface area contributed by atoms with Gasteiger partial charge < -0.3 is 9.05 Å². The van der Waals surface area contributed by atoms with Gasteiger partial charge in [-0.3, -0.25) is 17.4 Å². The van der Waals surface area contributed by atoms with Crippen LogP contribution in [0.15, 0.2) is 146 Å². The van der Waals surface area contributed by atoms with Crippen molar-refractivity contribution in [1.82, 2.24) is 17.4 Å². The lowest BCUT2D eigenvalue weighted by Gasteiger charge is -2.28. The minimum atomic E-state index is -1.53. The van der Waals surface area contributed by atoms with Crippen molar-refractivity contribution in [3.63, 3.8) is 0 Å². The van der Waals surface area contributed by atoms with E-state index in [0.29, 0.717) is 0 Å². The van der Waals surface area contributed by atoms with Crippen LogP contribution in [0.25, 0.3) is 65.9 Å². The van der Waals surface area contributed by atoms with Gasteiger partial charge in [-0.25, -0.2) is 0 Å². The van der Waals surface area contributed by atoms with Gasteiger partial charge in [0.25, 0.3) is 0 Å². The first-order valence-corrected chi connectivity index (χ1v) is 22.1. The average molecular weight is 793 g/mol. The Hall–Kier alpha value is -6.06. The third kappa shape index (κ3) is 5.18. The van der Waals surface area contributed by atoms with Crippen LogP contribution < -0.4 is 9.05 Å². The minimum absolute atomic E-state index is 0.831. The second kappa shape index (κ2) is 13.2. The van der Waals surface area contributed by atoms with E-state index in [1.165, 1.54) is 54.9 Å². The summed E-state index contributed by atoms with van der Waals surface area (Å²) in [6.07, 6.45) is 9.20. The number of hydrogen-bond acceptors (Lipinski definition) is 2. The van der Waals surface area contributed by atoms with E-state index in [1.54, 1.807) is 0 Å². The Labute approximate surface area is 340 Å². The van der Waals surface area contributed by atoms with Gasteiger partial charge in [-0.15, -0.1) is 0 Å². The lowest BCUT2D eigenvalue weighted by molar-refractivity contribution is 0.588. The van der Waals surface area contributed by atoms with Gasteiger partial charge in [0, 0.05) is 68.6 Å². The minimum Gasteiger partial charge on any atom is -0.435 e. The van der Waals surface area contributed by atoms with Crippen LogP contribution in [0.1, 0.15) is 33.4 Å². The van der Waals surface area contributed by atoms with Gasteiger partial charge in [-0.05, 0) is 111 Å². The van der Waals surface area contributed by atoms with Crippen molar-refractivity contribution in [2.45, 2.75) is 41.5 Å². The Balaban J connectivity index is 1.30. The second-order valence-electron chi connectivity index (χ2n) is 15.6. The van der Waals surface area contributed by atoms with Gasteiger partial charge in [-0.2, -0.15) is 0 Å². The van der Waals surface area contributed by atoms with Crippen LogP contribution in [-0.4, -0.2) is 17.4 Å². The fraction of sp³-hybridized carbons (Fsp3) is 0.120. The highest BCUT2D eigenvalue weighted by Crippen LogP contribution is 2.56. The second-order valence-corrected chi connectivity index (χ2v) is 18.7. The Morgan fingerprint density at radius 3 is 1.07 bits per heavy atom. The molecular formula is C50H42N4O2P2. The first kappa shape index (κ1) is 35.1. The summed E-state index contributed by atoms with van der Waals surface area (Å²) in [5, 5.41) is 4.79. The Kier molecular flexibility index (Phi) is 8.02. The number of para-hydroxylation sites is 4. The van der Waals surface area contributed by atoms with Crippen LogP contribution in [-0.2, 0) is 0 Å². The zero-order chi connectivity index (χ0) is 39.4. The largest absolute Gasteiger partial charge is 0.435 e. The molecule has 0 radical (unpaired) electrons. The van der Waals surface area contributed by atoms with Gasteiger partial charge in [-0.1, -0.05) is 84.9 Å². The topological polar surface area (TPSA) is 38.2 Å². The molecule has 0 aliphatic carbocycles. The van der Waals surface area contributed by atoms with E-state index in [-0.39, 0.29) is 0 Å². The maximum absolute atomic E-state index is 7.67. The molecule has 4 bridgehead atoms. The van der Waals surface area contributed by atoms with Crippen LogP contribution in [0, 0.1) is 41.5 Å². The van der Waals surface area contributed by atoms with Crippen molar-refractivity contribution in [2.24, 2.45) is 0 Å². The molecule has 0 N–H and O–H groups in total. The smallest absolute Gasteiger partial charge is 0.318 e. The molecule has 58 heavy (non-hydrogen) atoms. The predicted molar refractivity (Wildman–Crippen MR) is 244 cm³/mol. The molecule has 0 saturated carbocycles. The van der Waals surface area contributed by atoms with E-state index in [0.717, 1.165) is 55.8 Å². The van der Waals surface area contributed by atoms with Gasteiger partial charge in [0.1, 0.15) is 11.5 Å². The molecule has 1 aliphatic rings. The van der Waals surface area contributed by atoms with E-state index in [4.69, 9.17) is 9.05 Å². The van der Waals surface area contributed by atoms with Crippen molar-refractivity contribution in [3.8, 4) is 33.8 Å². The zero-order valence-electron chi connectivity index (χ0n) is 33.4. The highest BCUT2D eigenvalue weighted by atomic mass is 31.2. The summed E-state index contributed by atoms with van der Waals surface area (Å²) in [4.78, 5) is 0. The van der Waals surface area contributed by atoms with Crippen molar-refractivity contribution in [3.05, 3.63) is 179 Å². The van der Waals surface area contributed by atoms with Crippen LogP contribution in [0.4, 0.5) is 0 Å². The third-order valence-electron chi connectivity index (χ3n) is 12.2. The zero-order valence-corrected chi connectivity index (χ0v) is 35.1. The quantitative estimate of drug-likeness (QED) is 0.164. The van der Waals surface area contributed by atoms with Gasteiger partial charge in [0.05, 0.1) is 22.1 Å².